The van der Waals surface area contributed by atoms with E-state index in [1.165, 1.54) is 17.7 Å². The van der Waals surface area contributed by atoms with Crippen molar-refractivity contribution in [3.05, 3.63) is 63.1 Å². The van der Waals surface area contributed by atoms with Crippen molar-refractivity contribution in [1.29, 1.82) is 0 Å². The van der Waals surface area contributed by atoms with Gasteiger partial charge in [0.25, 0.3) is 5.91 Å². The SMILES string of the molecule is CC(C)CCNS(=O)(=O)c1cc(Cl)c(Cl)c(C(=O)NC2CCc3ccccc32)c1. The van der Waals surface area contributed by atoms with Gasteiger partial charge < -0.3 is 5.32 Å². The Morgan fingerprint density at radius 2 is 1.93 bits per heavy atom. The number of hydrogen-bond donors (Lipinski definition) is 2. The van der Waals surface area contributed by atoms with E-state index in [2.05, 4.69) is 10.0 Å². The molecule has 0 spiro atoms. The number of benzene rings is 2. The minimum Gasteiger partial charge on any atom is -0.345 e. The highest BCUT2D eigenvalue weighted by molar-refractivity contribution is 7.89. The van der Waals surface area contributed by atoms with Crippen molar-refractivity contribution in [2.24, 2.45) is 5.92 Å². The Bertz CT molecular complexity index is 1020. The molecule has 1 unspecified atom stereocenters. The van der Waals surface area contributed by atoms with E-state index in [1.807, 2.05) is 38.1 Å². The topological polar surface area (TPSA) is 75.3 Å². The number of sulfonamides is 1. The fourth-order valence-electron chi connectivity index (χ4n) is 3.39. The van der Waals surface area contributed by atoms with Crippen molar-refractivity contribution in [2.45, 2.75) is 44.0 Å². The molecule has 8 heteroatoms. The zero-order chi connectivity index (χ0) is 21.2. The summed E-state index contributed by atoms with van der Waals surface area (Å²) in [5, 5.41) is 3.02. The Labute approximate surface area is 181 Å². The Hall–Kier alpha value is -1.60. The van der Waals surface area contributed by atoms with Crippen molar-refractivity contribution in [3.8, 4) is 0 Å². The van der Waals surface area contributed by atoms with Gasteiger partial charge in [-0.3, -0.25) is 4.79 Å². The predicted octanol–water partition coefficient (Wildman–Crippen LogP) is 4.74. The summed E-state index contributed by atoms with van der Waals surface area (Å²) in [6.07, 6.45) is 2.37. The lowest BCUT2D eigenvalue weighted by Crippen LogP contribution is -2.29. The molecule has 0 saturated heterocycles. The average molecular weight is 455 g/mol. The van der Waals surface area contributed by atoms with Crippen LogP contribution in [0.25, 0.3) is 0 Å². The van der Waals surface area contributed by atoms with Gasteiger partial charge in [0.1, 0.15) is 0 Å². The Balaban J connectivity index is 1.83. The maximum absolute atomic E-state index is 12.9. The summed E-state index contributed by atoms with van der Waals surface area (Å²) in [6.45, 7) is 4.33. The first-order valence-electron chi connectivity index (χ1n) is 9.56. The molecule has 0 saturated carbocycles. The lowest BCUT2D eigenvalue weighted by atomic mass is 10.1. The molecule has 156 valence electrons. The van der Waals surface area contributed by atoms with E-state index in [4.69, 9.17) is 23.2 Å². The molecule has 5 nitrogen and oxygen atoms in total. The number of halogens is 2. The van der Waals surface area contributed by atoms with Gasteiger partial charge in [0.05, 0.1) is 26.5 Å². The van der Waals surface area contributed by atoms with E-state index < -0.39 is 15.9 Å². The third-order valence-electron chi connectivity index (χ3n) is 5.01. The Morgan fingerprint density at radius 3 is 2.66 bits per heavy atom. The first-order chi connectivity index (χ1) is 13.7. The van der Waals surface area contributed by atoms with Crippen LogP contribution < -0.4 is 10.0 Å². The second kappa shape index (κ2) is 9.04. The molecular weight excluding hydrogens is 431 g/mol. The van der Waals surface area contributed by atoms with Crippen molar-refractivity contribution < 1.29 is 13.2 Å². The van der Waals surface area contributed by atoms with Crippen molar-refractivity contribution in [3.63, 3.8) is 0 Å². The van der Waals surface area contributed by atoms with Gasteiger partial charge in [-0.05, 0) is 48.4 Å². The molecule has 0 aliphatic heterocycles. The fraction of sp³-hybridized carbons (Fsp3) is 0.381. The van der Waals surface area contributed by atoms with E-state index in [9.17, 15) is 13.2 Å². The first kappa shape index (κ1) is 22.1. The smallest absolute Gasteiger partial charge is 0.253 e. The van der Waals surface area contributed by atoms with E-state index >= 15 is 0 Å². The highest BCUT2D eigenvalue weighted by atomic mass is 35.5. The minimum absolute atomic E-state index is 0.0235. The molecule has 2 N–H and O–H groups in total. The number of hydrogen-bond acceptors (Lipinski definition) is 3. The van der Waals surface area contributed by atoms with Crippen molar-refractivity contribution in [1.82, 2.24) is 10.0 Å². The predicted molar refractivity (Wildman–Crippen MR) is 116 cm³/mol. The van der Waals surface area contributed by atoms with Gasteiger partial charge in [-0.2, -0.15) is 0 Å². The summed E-state index contributed by atoms with van der Waals surface area (Å²) < 4.78 is 27.8. The molecule has 0 heterocycles. The van der Waals surface area contributed by atoms with Gasteiger partial charge in [0.2, 0.25) is 10.0 Å². The molecule has 0 aromatic heterocycles. The van der Waals surface area contributed by atoms with Crippen LogP contribution in [0.1, 0.15) is 54.2 Å². The number of aryl methyl sites for hydroxylation is 1. The summed E-state index contributed by atoms with van der Waals surface area (Å²) in [5.74, 6) is -0.0834. The third kappa shape index (κ3) is 5.12. The van der Waals surface area contributed by atoms with E-state index in [0.29, 0.717) is 18.9 Å². The van der Waals surface area contributed by atoms with Crippen LogP contribution in [-0.2, 0) is 16.4 Å². The summed E-state index contributed by atoms with van der Waals surface area (Å²) in [6, 6.07) is 10.3. The lowest BCUT2D eigenvalue weighted by molar-refractivity contribution is 0.0936. The van der Waals surface area contributed by atoms with Crippen LogP contribution in [0.2, 0.25) is 10.0 Å². The number of carbonyl (C=O) groups is 1. The fourth-order valence-corrected chi connectivity index (χ4v) is 4.97. The van der Waals surface area contributed by atoms with Gasteiger partial charge in [-0.15, -0.1) is 0 Å². The van der Waals surface area contributed by atoms with E-state index in [1.54, 1.807) is 0 Å². The van der Waals surface area contributed by atoms with Crippen LogP contribution in [0.3, 0.4) is 0 Å². The van der Waals surface area contributed by atoms with Crippen LogP contribution in [-0.4, -0.2) is 20.9 Å². The molecule has 1 aliphatic carbocycles. The minimum atomic E-state index is -3.80. The van der Waals surface area contributed by atoms with Crippen LogP contribution in [0.4, 0.5) is 0 Å². The molecule has 2 aromatic carbocycles. The van der Waals surface area contributed by atoms with E-state index in [0.717, 1.165) is 18.4 Å². The van der Waals surface area contributed by atoms with Gasteiger partial charge >= 0.3 is 0 Å². The maximum Gasteiger partial charge on any atom is 0.253 e. The quantitative estimate of drug-likeness (QED) is 0.634. The monoisotopic (exact) mass is 454 g/mol. The zero-order valence-electron chi connectivity index (χ0n) is 16.3. The maximum atomic E-state index is 12.9. The number of fused-ring (bicyclic) bond motifs is 1. The number of nitrogens with one attached hydrogen (secondary N) is 2. The summed E-state index contributed by atoms with van der Waals surface area (Å²) in [7, 11) is -3.80. The summed E-state index contributed by atoms with van der Waals surface area (Å²) >= 11 is 12.4. The Kier molecular flexibility index (Phi) is 6.89. The zero-order valence-corrected chi connectivity index (χ0v) is 18.7. The second-order valence-electron chi connectivity index (χ2n) is 7.61. The number of amides is 1. The molecule has 1 atom stereocenters. The lowest BCUT2D eigenvalue weighted by Gasteiger charge is -2.16. The average Bonchev–Trinajstić information content (AvgIpc) is 3.06. The molecule has 0 fully saturated rings. The van der Waals surface area contributed by atoms with Gasteiger partial charge in [0, 0.05) is 6.54 Å². The normalized spacial score (nSPS) is 16.1. The second-order valence-corrected chi connectivity index (χ2v) is 10.2. The van der Waals surface area contributed by atoms with Crippen molar-refractivity contribution in [2.75, 3.05) is 6.54 Å². The van der Waals surface area contributed by atoms with Gasteiger partial charge in [-0.1, -0.05) is 61.3 Å². The van der Waals surface area contributed by atoms with Gasteiger partial charge in [-0.25, -0.2) is 13.1 Å². The molecule has 2 aromatic rings. The number of carbonyl (C=O) groups excluding carboxylic acids is 1. The summed E-state index contributed by atoms with van der Waals surface area (Å²) in [4.78, 5) is 12.8. The molecule has 0 bridgehead atoms. The number of rotatable bonds is 7. The standard InChI is InChI=1S/C21H24Cl2N2O3S/c1-13(2)9-10-24-29(27,28)15-11-17(20(23)18(22)12-15)21(26)25-19-8-7-14-5-3-4-6-16(14)19/h3-6,11-13,19,24H,7-10H2,1-2H3,(H,25,26). The molecule has 1 aliphatic rings. The molecule has 1 amide bonds. The largest absolute Gasteiger partial charge is 0.345 e. The Morgan fingerprint density at radius 1 is 1.21 bits per heavy atom. The first-order valence-corrected chi connectivity index (χ1v) is 11.8. The molecule has 0 radical (unpaired) electrons. The van der Waals surface area contributed by atoms with Crippen LogP contribution in [0.15, 0.2) is 41.3 Å². The van der Waals surface area contributed by atoms with E-state index in [-0.39, 0.29) is 26.5 Å². The van der Waals surface area contributed by atoms with Gasteiger partial charge in [0.15, 0.2) is 0 Å². The highest BCUT2D eigenvalue weighted by Crippen LogP contribution is 2.33. The molecule has 29 heavy (non-hydrogen) atoms. The van der Waals surface area contributed by atoms with Crippen LogP contribution in [0.5, 0.6) is 0 Å². The van der Waals surface area contributed by atoms with Crippen molar-refractivity contribution >= 4 is 39.1 Å². The molecular formula is C21H24Cl2N2O3S. The summed E-state index contributed by atoms with van der Waals surface area (Å²) in [5.41, 5.74) is 2.32. The van der Waals surface area contributed by atoms with Crippen LogP contribution >= 0.6 is 23.2 Å². The third-order valence-corrected chi connectivity index (χ3v) is 7.25. The molecule has 3 rings (SSSR count). The highest BCUT2D eigenvalue weighted by Gasteiger charge is 2.26. The van der Waals surface area contributed by atoms with Crippen LogP contribution in [0, 0.1) is 5.92 Å².